The molecule has 29 heavy (non-hydrogen) atoms. The van der Waals surface area contributed by atoms with Gasteiger partial charge in [0.15, 0.2) is 11.5 Å². The van der Waals surface area contributed by atoms with E-state index < -0.39 is 0 Å². The van der Waals surface area contributed by atoms with Crippen molar-refractivity contribution in [1.82, 2.24) is 14.9 Å². The van der Waals surface area contributed by atoms with Crippen molar-refractivity contribution in [3.63, 3.8) is 0 Å². The molecular weight excluding hydrogens is 368 g/mol. The van der Waals surface area contributed by atoms with Gasteiger partial charge < -0.3 is 19.7 Å². The van der Waals surface area contributed by atoms with Gasteiger partial charge >= 0.3 is 0 Å². The molecular formula is C22H22N4O3. The van der Waals surface area contributed by atoms with Crippen LogP contribution in [0.25, 0.3) is 0 Å². The van der Waals surface area contributed by atoms with Crippen LogP contribution >= 0.6 is 0 Å². The fraction of sp³-hybridized carbons (Fsp3) is 0.227. The maximum atomic E-state index is 12.8. The summed E-state index contributed by atoms with van der Waals surface area (Å²) in [4.78, 5) is 23.3. The van der Waals surface area contributed by atoms with E-state index in [-0.39, 0.29) is 5.91 Å². The number of carbonyl (C=O) groups excluding carboxylic acids is 1. The van der Waals surface area contributed by atoms with Crippen LogP contribution in [0.15, 0.2) is 54.9 Å². The van der Waals surface area contributed by atoms with E-state index in [1.165, 1.54) is 17.3 Å². The van der Waals surface area contributed by atoms with Crippen molar-refractivity contribution < 1.29 is 14.3 Å². The normalized spacial score (nSPS) is 12.8. The first-order valence-corrected chi connectivity index (χ1v) is 9.35. The van der Waals surface area contributed by atoms with E-state index in [0.717, 1.165) is 12.1 Å². The lowest BCUT2D eigenvalue weighted by Crippen LogP contribution is -2.36. The zero-order valence-electron chi connectivity index (χ0n) is 16.4. The molecule has 3 aromatic rings. The van der Waals surface area contributed by atoms with Gasteiger partial charge in [-0.25, -0.2) is 9.97 Å². The monoisotopic (exact) mass is 390 g/mol. The third kappa shape index (κ3) is 3.99. The Morgan fingerprint density at radius 1 is 1.00 bits per heavy atom. The van der Waals surface area contributed by atoms with Crippen LogP contribution in [0.2, 0.25) is 0 Å². The summed E-state index contributed by atoms with van der Waals surface area (Å²) in [5, 5.41) is 3.15. The van der Waals surface area contributed by atoms with Crippen molar-refractivity contribution in [2.75, 3.05) is 26.1 Å². The van der Waals surface area contributed by atoms with Crippen LogP contribution in [-0.4, -0.2) is 41.5 Å². The van der Waals surface area contributed by atoms with Gasteiger partial charge in [0.05, 0.1) is 26.6 Å². The number of hydrogen-bond acceptors (Lipinski definition) is 6. The molecule has 1 aliphatic heterocycles. The third-order valence-corrected chi connectivity index (χ3v) is 4.94. The highest BCUT2D eigenvalue weighted by Crippen LogP contribution is 2.30. The van der Waals surface area contributed by atoms with E-state index in [0.29, 0.717) is 36.1 Å². The Morgan fingerprint density at radius 2 is 1.79 bits per heavy atom. The summed E-state index contributed by atoms with van der Waals surface area (Å²) in [7, 11) is 3.17. The lowest BCUT2D eigenvalue weighted by Gasteiger charge is -2.28. The van der Waals surface area contributed by atoms with Crippen molar-refractivity contribution in [3.05, 3.63) is 71.7 Å². The van der Waals surface area contributed by atoms with E-state index in [4.69, 9.17) is 9.47 Å². The van der Waals surface area contributed by atoms with Crippen molar-refractivity contribution in [3.8, 4) is 11.5 Å². The lowest BCUT2D eigenvalue weighted by molar-refractivity contribution is 0.0728. The number of nitrogens with one attached hydrogen (secondary N) is 1. The average molecular weight is 390 g/mol. The van der Waals surface area contributed by atoms with Crippen molar-refractivity contribution in [1.29, 1.82) is 0 Å². The highest BCUT2D eigenvalue weighted by atomic mass is 16.5. The third-order valence-electron chi connectivity index (χ3n) is 4.94. The molecule has 1 aromatic heterocycles. The molecule has 1 N–H and O–H groups in total. The number of fused-ring (bicyclic) bond motifs is 1. The second-order valence-corrected chi connectivity index (χ2v) is 6.73. The molecule has 0 saturated heterocycles. The van der Waals surface area contributed by atoms with Crippen LogP contribution in [-0.2, 0) is 13.0 Å². The summed E-state index contributed by atoms with van der Waals surface area (Å²) in [5.74, 6) is 1.69. The topological polar surface area (TPSA) is 76.6 Å². The maximum Gasteiger partial charge on any atom is 0.274 e. The summed E-state index contributed by atoms with van der Waals surface area (Å²) in [6.07, 6.45) is 3.92. The largest absolute Gasteiger partial charge is 0.493 e. The van der Waals surface area contributed by atoms with Crippen LogP contribution in [0.1, 0.15) is 21.6 Å². The fourth-order valence-electron chi connectivity index (χ4n) is 3.40. The molecule has 0 bridgehead atoms. The molecule has 0 unspecified atom stereocenters. The Hall–Kier alpha value is -3.61. The first-order chi connectivity index (χ1) is 14.2. The summed E-state index contributed by atoms with van der Waals surface area (Å²) in [6, 6.07) is 13.7. The number of anilines is 2. The van der Waals surface area contributed by atoms with Crippen molar-refractivity contribution in [2.24, 2.45) is 0 Å². The summed E-state index contributed by atoms with van der Waals surface area (Å²) in [5.41, 5.74) is 3.61. The molecule has 7 nitrogen and oxygen atoms in total. The summed E-state index contributed by atoms with van der Waals surface area (Å²) < 4.78 is 10.5. The number of aromatic nitrogens is 2. The maximum absolute atomic E-state index is 12.8. The van der Waals surface area contributed by atoms with Crippen molar-refractivity contribution in [2.45, 2.75) is 13.0 Å². The number of hydrogen-bond donors (Lipinski definition) is 1. The average Bonchev–Trinajstić information content (AvgIpc) is 2.78. The van der Waals surface area contributed by atoms with Gasteiger partial charge in [0, 0.05) is 24.8 Å². The molecule has 7 heteroatoms. The van der Waals surface area contributed by atoms with Gasteiger partial charge in [-0.2, -0.15) is 0 Å². The Kier molecular flexibility index (Phi) is 5.29. The molecule has 1 amide bonds. The van der Waals surface area contributed by atoms with Gasteiger partial charge in [0.25, 0.3) is 5.91 Å². The van der Waals surface area contributed by atoms with E-state index in [9.17, 15) is 4.79 Å². The second-order valence-electron chi connectivity index (χ2n) is 6.73. The molecule has 0 saturated carbocycles. The number of carbonyl (C=O) groups is 1. The molecule has 0 spiro atoms. The second kappa shape index (κ2) is 8.18. The summed E-state index contributed by atoms with van der Waals surface area (Å²) in [6.45, 7) is 1.28. The van der Waals surface area contributed by atoms with E-state index >= 15 is 0 Å². The quantitative estimate of drug-likeness (QED) is 0.719. The zero-order valence-corrected chi connectivity index (χ0v) is 16.4. The Labute approximate surface area is 169 Å². The number of ether oxygens (including phenoxy) is 2. The van der Waals surface area contributed by atoms with E-state index in [1.807, 2.05) is 29.2 Å². The molecule has 0 aliphatic carbocycles. The van der Waals surface area contributed by atoms with Crippen LogP contribution in [0.3, 0.4) is 0 Å². The molecule has 0 radical (unpaired) electrons. The predicted molar refractivity (Wildman–Crippen MR) is 110 cm³/mol. The molecule has 4 rings (SSSR count). The number of nitrogens with zero attached hydrogens (tertiary/aromatic N) is 3. The van der Waals surface area contributed by atoms with E-state index in [1.54, 1.807) is 26.5 Å². The molecule has 148 valence electrons. The standard InChI is InChI=1S/C22H22N4O3/c1-28-19-8-7-17(11-20(19)29-2)25-21-13-23-18(12-24-21)22(27)26-10-9-15-5-3-4-6-16(15)14-26/h3-8,11-13H,9-10,14H2,1-2H3,(H,24,25). The van der Waals surface area contributed by atoms with Gasteiger partial charge in [-0.15, -0.1) is 0 Å². The molecule has 0 atom stereocenters. The first-order valence-electron chi connectivity index (χ1n) is 9.35. The minimum atomic E-state index is -0.107. The SMILES string of the molecule is COc1ccc(Nc2cnc(C(=O)N3CCc4ccccc4C3)cn2)cc1OC. The minimum Gasteiger partial charge on any atom is -0.493 e. The number of rotatable bonds is 5. The molecule has 2 aromatic carbocycles. The number of methoxy groups -OCH3 is 2. The smallest absolute Gasteiger partial charge is 0.274 e. The molecule has 2 heterocycles. The lowest BCUT2D eigenvalue weighted by atomic mass is 10.00. The highest BCUT2D eigenvalue weighted by molar-refractivity contribution is 5.92. The zero-order chi connectivity index (χ0) is 20.2. The van der Waals surface area contributed by atoms with Gasteiger partial charge in [-0.05, 0) is 29.7 Å². The van der Waals surface area contributed by atoms with Gasteiger partial charge in [0.1, 0.15) is 11.5 Å². The fourth-order valence-corrected chi connectivity index (χ4v) is 3.40. The Balaban J connectivity index is 1.45. The van der Waals surface area contributed by atoms with Gasteiger partial charge in [-0.1, -0.05) is 24.3 Å². The number of benzene rings is 2. The van der Waals surface area contributed by atoms with Crippen LogP contribution in [0.4, 0.5) is 11.5 Å². The van der Waals surface area contributed by atoms with Crippen LogP contribution in [0.5, 0.6) is 11.5 Å². The Bertz CT molecular complexity index is 1020. The first kappa shape index (κ1) is 18.7. The van der Waals surface area contributed by atoms with Gasteiger partial charge in [0.2, 0.25) is 0 Å². The molecule has 0 fully saturated rings. The van der Waals surface area contributed by atoms with E-state index in [2.05, 4.69) is 27.4 Å². The highest BCUT2D eigenvalue weighted by Gasteiger charge is 2.22. The van der Waals surface area contributed by atoms with Crippen LogP contribution < -0.4 is 14.8 Å². The molecule has 1 aliphatic rings. The van der Waals surface area contributed by atoms with Crippen LogP contribution in [0, 0.1) is 0 Å². The van der Waals surface area contributed by atoms with Crippen molar-refractivity contribution >= 4 is 17.4 Å². The Morgan fingerprint density at radius 3 is 2.52 bits per heavy atom. The minimum absolute atomic E-state index is 0.107. The summed E-state index contributed by atoms with van der Waals surface area (Å²) >= 11 is 0. The van der Waals surface area contributed by atoms with Gasteiger partial charge in [-0.3, -0.25) is 4.79 Å². The number of amides is 1. The predicted octanol–water partition coefficient (Wildman–Crippen LogP) is 3.44.